The molecule has 0 saturated carbocycles. The molecule has 14 heavy (non-hydrogen) atoms. The summed E-state index contributed by atoms with van der Waals surface area (Å²) in [7, 11) is 0. The van der Waals surface area contributed by atoms with E-state index < -0.39 is 0 Å². The molecule has 1 heterocycles. The van der Waals surface area contributed by atoms with E-state index in [1.54, 1.807) is 6.20 Å². The molecular formula is C10H11ClN2O. The molecule has 0 saturated heterocycles. The van der Waals surface area contributed by atoms with E-state index in [2.05, 4.69) is 9.82 Å². The van der Waals surface area contributed by atoms with E-state index in [9.17, 15) is 0 Å². The van der Waals surface area contributed by atoms with Crippen LogP contribution in [-0.4, -0.2) is 4.98 Å². The molecule has 3 nitrogen and oxygen atoms in total. The number of hydrogen-bond acceptors (Lipinski definition) is 3. The minimum Gasteiger partial charge on any atom is -0.300 e. The Hall–Kier alpha value is -1.16. The van der Waals surface area contributed by atoms with Crippen molar-refractivity contribution in [1.82, 2.24) is 4.98 Å². The van der Waals surface area contributed by atoms with Crippen LogP contribution in [0.25, 0.3) is 10.9 Å². The normalized spacial score (nSPS) is 9.79. The summed E-state index contributed by atoms with van der Waals surface area (Å²) in [4.78, 5) is 8.86. The van der Waals surface area contributed by atoms with Gasteiger partial charge in [0, 0.05) is 17.1 Å². The Bertz CT molecular complexity index is 414. The highest BCUT2D eigenvalue weighted by Crippen LogP contribution is 2.15. The molecule has 0 fully saturated rings. The Morgan fingerprint density at radius 3 is 2.79 bits per heavy atom. The SMILES string of the molecule is Cl.NOCc1cccc2cccnc12. The Labute approximate surface area is 88.3 Å². The molecule has 2 N–H and O–H groups in total. The van der Waals surface area contributed by atoms with Gasteiger partial charge in [-0.1, -0.05) is 24.3 Å². The van der Waals surface area contributed by atoms with Crippen LogP contribution >= 0.6 is 12.4 Å². The third-order valence-electron chi connectivity index (χ3n) is 1.96. The fourth-order valence-corrected chi connectivity index (χ4v) is 1.37. The lowest BCUT2D eigenvalue weighted by Gasteiger charge is -2.02. The number of para-hydroxylation sites is 1. The molecule has 2 rings (SSSR count). The van der Waals surface area contributed by atoms with E-state index in [1.165, 1.54) is 0 Å². The number of nitrogens with two attached hydrogens (primary N) is 1. The molecule has 0 aliphatic heterocycles. The van der Waals surface area contributed by atoms with E-state index in [-0.39, 0.29) is 12.4 Å². The maximum absolute atomic E-state index is 5.02. The molecule has 0 bridgehead atoms. The van der Waals surface area contributed by atoms with Crippen molar-refractivity contribution >= 4 is 23.3 Å². The molecular weight excluding hydrogens is 200 g/mol. The van der Waals surface area contributed by atoms with Crippen LogP contribution in [0.5, 0.6) is 0 Å². The molecule has 1 aromatic heterocycles. The predicted octanol–water partition coefficient (Wildman–Crippen LogP) is 2.05. The first kappa shape index (κ1) is 10.9. The lowest BCUT2D eigenvalue weighted by molar-refractivity contribution is 0.125. The second-order valence-electron chi connectivity index (χ2n) is 2.80. The van der Waals surface area contributed by atoms with Gasteiger partial charge in [0.1, 0.15) is 0 Å². The highest BCUT2D eigenvalue weighted by Gasteiger charge is 1.99. The van der Waals surface area contributed by atoms with Crippen LogP contribution in [0.4, 0.5) is 0 Å². The summed E-state index contributed by atoms with van der Waals surface area (Å²) in [5.74, 6) is 5.02. The van der Waals surface area contributed by atoms with Gasteiger partial charge in [-0.25, -0.2) is 5.90 Å². The van der Waals surface area contributed by atoms with Crippen molar-refractivity contribution in [2.45, 2.75) is 6.61 Å². The summed E-state index contributed by atoms with van der Waals surface area (Å²) in [6.45, 7) is 0.397. The van der Waals surface area contributed by atoms with Crippen LogP contribution in [0.15, 0.2) is 36.5 Å². The monoisotopic (exact) mass is 210 g/mol. The summed E-state index contributed by atoms with van der Waals surface area (Å²) < 4.78 is 0. The smallest absolute Gasteiger partial charge is 0.0951 e. The molecule has 0 aliphatic carbocycles. The molecule has 0 radical (unpaired) electrons. The van der Waals surface area contributed by atoms with Crippen LogP contribution in [0.2, 0.25) is 0 Å². The second kappa shape index (κ2) is 4.91. The molecule has 1 aromatic carbocycles. The van der Waals surface area contributed by atoms with E-state index in [0.29, 0.717) is 6.61 Å². The zero-order valence-corrected chi connectivity index (χ0v) is 8.33. The zero-order valence-electron chi connectivity index (χ0n) is 7.51. The molecule has 4 heteroatoms. The number of halogens is 1. The van der Waals surface area contributed by atoms with Gasteiger partial charge in [-0.15, -0.1) is 12.4 Å². The van der Waals surface area contributed by atoms with Crippen LogP contribution in [0.3, 0.4) is 0 Å². The number of aromatic nitrogens is 1. The Balaban J connectivity index is 0.000000980. The van der Waals surface area contributed by atoms with Gasteiger partial charge < -0.3 is 0 Å². The molecule has 2 aromatic rings. The molecule has 74 valence electrons. The fraction of sp³-hybridized carbons (Fsp3) is 0.100. The minimum atomic E-state index is 0. The summed E-state index contributed by atoms with van der Waals surface area (Å²) in [5.41, 5.74) is 1.97. The first-order valence-electron chi connectivity index (χ1n) is 4.06. The quantitative estimate of drug-likeness (QED) is 0.772. The molecule has 0 amide bonds. The fourth-order valence-electron chi connectivity index (χ4n) is 1.37. The topological polar surface area (TPSA) is 48.1 Å². The molecule has 0 unspecified atom stereocenters. The van der Waals surface area contributed by atoms with Crippen molar-refractivity contribution in [1.29, 1.82) is 0 Å². The van der Waals surface area contributed by atoms with Crippen molar-refractivity contribution in [3.8, 4) is 0 Å². The van der Waals surface area contributed by atoms with Gasteiger partial charge in [-0.2, -0.15) is 0 Å². The van der Waals surface area contributed by atoms with E-state index in [0.717, 1.165) is 16.5 Å². The second-order valence-corrected chi connectivity index (χ2v) is 2.80. The molecule has 0 spiro atoms. The summed E-state index contributed by atoms with van der Waals surface area (Å²) >= 11 is 0. The number of fused-ring (bicyclic) bond motifs is 1. The number of nitrogens with zero attached hydrogens (tertiary/aromatic N) is 1. The molecule has 0 atom stereocenters. The first-order chi connectivity index (χ1) is 6.42. The maximum atomic E-state index is 5.02. The third kappa shape index (κ3) is 2.01. The first-order valence-corrected chi connectivity index (χ1v) is 4.06. The van der Waals surface area contributed by atoms with Gasteiger partial charge in [-0.05, 0) is 6.07 Å². The summed E-state index contributed by atoms with van der Waals surface area (Å²) in [6, 6.07) is 9.88. The maximum Gasteiger partial charge on any atom is 0.0951 e. The lowest BCUT2D eigenvalue weighted by Crippen LogP contribution is -1.99. The number of hydrogen-bond donors (Lipinski definition) is 1. The van der Waals surface area contributed by atoms with Crippen LogP contribution in [-0.2, 0) is 11.4 Å². The van der Waals surface area contributed by atoms with Crippen molar-refractivity contribution in [2.24, 2.45) is 5.90 Å². The highest BCUT2D eigenvalue weighted by molar-refractivity contribution is 5.85. The lowest BCUT2D eigenvalue weighted by atomic mass is 10.1. The average Bonchev–Trinajstić information content (AvgIpc) is 2.19. The van der Waals surface area contributed by atoms with Gasteiger partial charge in [0.25, 0.3) is 0 Å². The standard InChI is InChI=1S/C10H10N2O.ClH/c11-13-7-9-4-1-3-8-5-2-6-12-10(8)9;/h1-6H,7,11H2;1H. The average molecular weight is 211 g/mol. The van der Waals surface area contributed by atoms with Crippen molar-refractivity contribution in [3.63, 3.8) is 0 Å². The minimum absolute atomic E-state index is 0. The van der Waals surface area contributed by atoms with Crippen LogP contribution in [0.1, 0.15) is 5.56 Å². The van der Waals surface area contributed by atoms with Crippen molar-refractivity contribution in [3.05, 3.63) is 42.1 Å². The van der Waals surface area contributed by atoms with Crippen molar-refractivity contribution in [2.75, 3.05) is 0 Å². The zero-order chi connectivity index (χ0) is 9.10. The Morgan fingerprint density at radius 2 is 2.00 bits per heavy atom. The predicted molar refractivity (Wildman–Crippen MR) is 58.0 cm³/mol. The van der Waals surface area contributed by atoms with Gasteiger partial charge in [0.2, 0.25) is 0 Å². The van der Waals surface area contributed by atoms with E-state index in [4.69, 9.17) is 5.90 Å². The van der Waals surface area contributed by atoms with E-state index in [1.807, 2.05) is 30.3 Å². The number of pyridine rings is 1. The van der Waals surface area contributed by atoms with Crippen molar-refractivity contribution < 1.29 is 4.84 Å². The summed E-state index contributed by atoms with van der Waals surface area (Å²) in [5, 5.41) is 1.11. The van der Waals surface area contributed by atoms with Gasteiger partial charge in [0.05, 0.1) is 12.1 Å². The Kier molecular flexibility index (Phi) is 3.83. The number of rotatable bonds is 2. The molecule has 0 aliphatic rings. The number of benzene rings is 1. The van der Waals surface area contributed by atoms with E-state index >= 15 is 0 Å². The van der Waals surface area contributed by atoms with Gasteiger partial charge in [-0.3, -0.25) is 9.82 Å². The summed E-state index contributed by atoms with van der Waals surface area (Å²) in [6.07, 6.45) is 1.77. The largest absolute Gasteiger partial charge is 0.300 e. The van der Waals surface area contributed by atoms with Gasteiger partial charge >= 0.3 is 0 Å². The third-order valence-corrected chi connectivity index (χ3v) is 1.96. The van der Waals surface area contributed by atoms with Crippen LogP contribution < -0.4 is 5.90 Å². The highest BCUT2D eigenvalue weighted by atomic mass is 35.5. The van der Waals surface area contributed by atoms with Gasteiger partial charge in [0.15, 0.2) is 0 Å². The van der Waals surface area contributed by atoms with Crippen LogP contribution in [0, 0.1) is 0 Å². The Morgan fingerprint density at radius 1 is 1.21 bits per heavy atom.